The van der Waals surface area contributed by atoms with Crippen LogP contribution in [0.2, 0.25) is 5.15 Å². The molecule has 0 fully saturated rings. The van der Waals surface area contributed by atoms with E-state index < -0.39 is 0 Å². The van der Waals surface area contributed by atoms with Gasteiger partial charge in [-0.1, -0.05) is 23.7 Å². The molecule has 0 radical (unpaired) electrons. The van der Waals surface area contributed by atoms with Crippen LogP contribution in [0.4, 0.5) is 0 Å². The van der Waals surface area contributed by atoms with Gasteiger partial charge in [0.05, 0.1) is 4.88 Å². The molecule has 102 valence electrons. The number of hydrogen-bond donors (Lipinski definition) is 0. The normalized spacial score (nSPS) is 11.2. The SMILES string of the molecule is Cc1cc(C)c(-c2nnc(Cl)c3c(C)ccc(C)c23)s1. The Labute approximate surface area is 127 Å². The van der Waals surface area contributed by atoms with Crippen LogP contribution in [0.1, 0.15) is 21.6 Å². The van der Waals surface area contributed by atoms with Crippen LogP contribution in [-0.2, 0) is 0 Å². The Kier molecular flexibility index (Phi) is 3.27. The van der Waals surface area contributed by atoms with E-state index in [0.29, 0.717) is 5.15 Å². The van der Waals surface area contributed by atoms with Crippen molar-refractivity contribution in [1.82, 2.24) is 10.2 Å². The van der Waals surface area contributed by atoms with Crippen molar-refractivity contribution in [1.29, 1.82) is 0 Å². The molecule has 0 amide bonds. The number of nitrogens with zero attached hydrogens (tertiary/aromatic N) is 2. The zero-order chi connectivity index (χ0) is 14.4. The number of hydrogen-bond acceptors (Lipinski definition) is 3. The second-order valence-corrected chi connectivity index (χ2v) is 6.77. The van der Waals surface area contributed by atoms with E-state index >= 15 is 0 Å². The minimum atomic E-state index is 0.482. The van der Waals surface area contributed by atoms with Gasteiger partial charge >= 0.3 is 0 Å². The molecule has 0 aliphatic rings. The molecule has 2 aromatic heterocycles. The molecule has 0 aliphatic heterocycles. The highest BCUT2D eigenvalue weighted by atomic mass is 35.5. The summed E-state index contributed by atoms with van der Waals surface area (Å²) in [6.07, 6.45) is 0. The maximum absolute atomic E-state index is 6.27. The van der Waals surface area contributed by atoms with E-state index in [2.05, 4.69) is 56.1 Å². The fourth-order valence-corrected chi connectivity index (χ4v) is 3.91. The summed E-state index contributed by atoms with van der Waals surface area (Å²) in [6.45, 7) is 8.39. The van der Waals surface area contributed by atoms with Gasteiger partial charge in [0.15, 0.2) is 5.15 Å². The Morgan fingerprint density at radius 1 is 0.900 bits per heavy atom. The Morgan fingerprint density at radius 3 is 2.15 bits per heavy atom. The first kappa shape index (κ1) is 13.5. The highest BCUT2D eigenvalue weighted by molar-refractivity contribution is 7.15. The van der Waals surface area contributed by atoms with Crippen LogP contribution < -0.4 is 0 Å². The molecule has 0 saturated carbocycles. The average Bonchev–Trinajstić information content (AvgIpc) is 2.73. The standard InChI is InChI=1S/C16H15ClN2S/c1-8-5-6-9(2)13-12(8)14(18-19-16(13)17)15-10(3)7-11(4)20-15/h5-7H,1-4H3. The quantitative estimate of drug-likeness (QED) is 0.614. The van der Waals surface area contributed by atoms with Crippen LogP contribution in [0.3, 0.4) is 0 Å². The largest absolute Gasteiger partial charge is 0.159 e. The molecule has 0 atom stereocenters. The summed E-state index contributed by atoms with van der Waals surface area (Å²) < 4.78 is 0. The van der Waals surface area contributed by atoms with Gasteiger partial charge in [0.1, 0.15) is 5.69 Å². The number of rotatable bonds is 1. The Bertz CT molecular complexity index is 813. The molecule has 3 rings (SSSR count). The third-order valence-electron chi connectivity index (χ3n) is 3.56. The van der Waals surface area contributed by atoms with Crippen LogP contribution in [0.25, 0.3) is 21.3 Å². The summed E-state index contributed by atoms with van der Waals surface area (Å²) >= 11 is 8.03. The zero-order valence-electron chi connectivity index (χ0n) is 11.9. The van der Waals surface area contributed by atoms with Crippen molar-refractivity contribution in [2.45, 2.75) is 27.7 Å². The number of fused-ring (bicyclic) bond motifs is 1. The maximum Gasteiger partial charge on any atom is 0.159 e. The molecule has 1 aromatic carbocycles. The van der Waals surface area contributed by atoms with Crippen LogP contribution in [0, 0.1) is 27.7 Å². The zero-order valence-corrected chi connectivity index (χ0v) is 13.5. The molecule has 0 bridgehead atoms. The lowest BCUT2D eigenvalue weighted by molar-refractivity contribution is 1.06. The summed E-state index contributed by atoms with van der Waals surface area (Å²) in [5, 5.41) is 11.2. The van der Waals surface area contributed by atoms with E-state index in [-0.39, 0.29) is 0 Å². The minimum absolute atomic E-state index is 0.482. The highest BCUT2D eigenvalue weighted by Gasteiger charge is 2.16. The van der Waals surface area contributed by atoms with Gasteiger partial charge in [0.2, 0.25) is 0 Å². The first-order valence-corrected chi connectivity index (χ1v) is 7.68. The molecule has 0 N–H and O–H groups in total. The molecule has 20 heavy (non-hydrogen) atoms. The molecular formula is C16H15ClN2S. The molecule has 3 aromatic rings. The summed E-state index contributed by atoms with van der Waals surface area (Å²) in [6, 6.07) is 6.39. The van der Waals surface area contributed by atoms with Crippen LogP contribution in [-0.4, -0.2) is 10.2 Å². The predicted molar refractivity (Wildman–Crippen MR) is 86.8 cm³/mol. The third kappa shape index (κ3) is 2.02. The number of aryl methyl sites for hydroxylation is 4. The van der Waals surface area contributed by atoms with E-state index in [1.165, 1.54) is 20.9 Å². The smallest absolute Gasteiger partial charge is 0.147 e. The third-order valence-corrected chi connectivity index (χ3v) is 4.98. The molecule has 0 saturated heterocycles. The van der Waals surface area contributed by atoms with E-state index in [1.54, 1.807) is 11.3 Å². The van der Waals surface area contributed by atoms with E-state index in [0.717, 1.165) is 22.0 Å². The van der Waals surface area contributed by atoms with Crippen LogP contribution >= 0.6 is 22.9 Å². The van der Waals surface area contributed by atoms with Crippen molar-refractivity contribution in [3.05, 3.63) is 44.9 Å². The number of thiophene rings is 1. The highest BCUT2D eigenvalue weighted by Crippen LogP contribution is 2.38. The van der Waals surface area contributed by atoms with Crippen LogP contribution in [0.15, 0.2) is 18.2 Å². The second kappa shape index (κ2) is 4.83. The van der Waals surface area contributed by atoms with Gasteiger partial charge in [0.25, 0.3) is 0 Å². The number of aromatic nitrogens is 2. The molecule has 0 unspecified atom stereocenters. The molecule has 2 heterocycles. The Morgan fingerprint density at radius 2 is 1.55 bits per heavy atom. The van der Waals surface area contributed by atoms with Gasteiger partial charge in [-0.15, -0.1) is 21.5 Å². The molecule has 4 heteroatoms. The minimum Gasteiger partial charge on any atom is -0.147 e. The lowest BCUT2D eigenvalue weighted by Crippen LogP contribution is -1.95. The van der Waals surface area contributed by atoms with Crippen molar-refractivity contribution >= 4 is 33.7 Å². The van der Waals surface area contributed by atoms with E-state index in [1.807, 2.05) is 0 Å². The van der Waals surface area contributed by atoms with Crippen molar-refractivity contribution in [2.75, 3.05) is 0 Å². The topological polar surface area (TPSA) is 25.8 Å². The van der Waals surface area contributed by atoms with E-state index in [9.17, 15) is 0 Å². The van der Waals surface area contributed by atoms with Crippen molar-refractivity contribution < 1.29 is 0 Å². The summed E-state index contributed by atoms with van der Waals surface area (Å²) in [5.41, 5.74) is 4.51. The van der Waals surface area contributed by atoms with Crippen molar-refractivity contribution in [3.63, 3.8) is 0 Å². The molecular weight excluding hydrogens is 288 g/mol. The second-order valence-electron chi connectivity index (χ2n) is 5.16. The number of halogens is 1. The number of benzene rings is 1. The lowest BCUT2D eigenvalue weighted by atomic mass is 10.00. The molecule has 0 spiro atoms. The Hall–Kier alpha value is -1.45. The maximum atomic E-state index is 6.27. The van der Waals surface area contributed by atoms with Gasteiger partial charge in [-0.05, 0) is 50.5 Å². The monoisotopic (exact) mass is 302 g/mol. The summed E-state index contributed by atoms with van der Waals surface area (Å²) in [4.78, 5) is 2.47. The summed E-state index contributed by atoms with van der Waals surface area (Å²) in [5.74, 6) is 0. The van der Waals surface area contributed by atoms with Crippen molar-refractivity contribution in [2.24, 2.45) is 0 Å². The lowest BCUT2D eigenvalue weighted by Gasteiger charge is -2.10. The van der Waals surface area contributed by atoms with Gasteiger partial charge in [-0.3, -0.25) is 0 Å². The molecule has 2 nitrogen and oxygen atoms in total. The van der Waals surface area contributed by atoms with Crippen molar-refractivity contribution in [3.8, 4) is 10.6 Å². The summed E-state index contributed by atoms with van der Waals surface area (Å²) in [7, 11) is 0. The van der Waals surface area contributed by atoms with Gasteiger partial charge in [-0.25, -0.2) is 0 Å². The van der Waals surface area contributed by atoms with Crippen LogP contribution in [0.5, 0.6) is 0 Å². The van der Waals surface area contributed by atoms with E-state index in [4.69, 9.17) is 11.6 Å². The predicted octanol–water partition coefficient (Wildman–Crippen LogP) is 5.25. The molecule has 0 aliphatic carbocycles. The first-order valence-electron chi connectivity index (χ1n) is 6.48. The fourth-order valence-electron chi connectivity index (χ4n) is 2.61. The fraction of sp³-hybridized carbons (Fsp3) is 0.250. The van der Waals surface area contributed by atoms with Gasteiger partial charge in [0, 0.05) is 15.6 Å². The first-order chi connectivity index (χ1) is 9.49. The van der Waals surface area contributed by atoms with Gasteiger partial charge < -0.3 is 0 Å². The Balaban J connectivity index is 2.47. The van der Waals surface area contributed by atoms with Gasteiger partial charge in [-0.2, -0.15) is 0 Å². The average molecular weight is 303 g/mol.